The summed E-state index contributed by atoms with van der Waals surface area (Å²) in [6, 6.07) is 17.0. The molecular formula is C30H34N4O8S4. The molecule has 4 aromatic rings. The molecule has 2 atom stereocenters. The Labute approximate surface area is 275 Å². The van der Waals surface area contributed by atoms with Crippen molar-refractivity contribution in [3.63, 3.8) is 0 Å². The number of rotatable bonds is 15. The van der Waals surface area contributed by atoms with Crippen LogP contribution in [0.4, 0.5) is 11.4 Å². The third-order valence-electron chi connectivity index (χ3n) is 6.98. The number of benzene rings is 4. The number of nitrogens with zero attached hydrogens (tertiary/aromatic N) is 2. The minimum atomic E-state index is -4.31. The number of carboxylic acid groups (broad SMARTS) is 2. The number of carboxylic acids is 2. The van der Waals surface area contributed by atoms with E-state index >= 15 is 0 Å². The number of carbonyl (C=O) groups is 2. The molecule has 246 valence electrons. The van der Waals surface area contributed by atoms with Gasteiger partial charge in [0, 0.05) is 61.8 Å². The van der Waals surface area contributed by atoms with Crippen LogP contribution in [-0.2, 0) is 29.6 Å². The normalized spacial score (nSPS) is 13.4. The molecule has 0 aromatic heterocycles. The van der Waals surface area contributed by atoms with Gasteiger partial charge in [0.1, 0.15) is 12.1 Å². The second kappa shape index (κ2) is 14.5. The summed E-state index contributed by atoms with van der Waals surface area (Å²) >= 11 is 0. The minimum Gasteiger partial charge on any atom is -0.480 e. The van der Waals surface area contributed by atoms with Gasteiger partial charge in [0.2, 0.25) is 20.0 Å². The SMILES string of the molecule is CN(C)c1cccc2cccc(S(=O)(=O)NC(CSSCC(NS(=O)(=O)c3cccc4cccc(N(C)C)c34)C(=O)O)C(=O)O)c12. The third-order valence-corrected chi connectivity index (χ3v) is 12.4. The fraction of sp³-hybridized carbons (Fsp3) is 0.267. The molecule has 0 aliphatic carbocycles. The highest BCUT2D eigenvalue weighted by atomic mass is 33.1. The number of hydrogen-bond acceptors (Lipinski definition) is 10. The van der Waals surface area contributed by atoms with E-state index in [9.17, 15) is 36.6 Å². The maximum absolute atomic E-state index is 13.5. The lowest BCUT2D eigenvalue weighted by Crippen LogP contribution is -2.43. The van der Waals surface area contributed by atoms with Gasteiger partial charge in [-0.15, -0.1) is 0 Å². The zero-order valence-electron chi connectivity index (χ0n) is 25.4. The van der Waals surface area contributed by atoms with Crippen molar-refractivity contribution in [2.24, 2.45) is 0 Å². The average molecular weight is 707 g/mol. The van der Waals surface area contributed by atoms with Crippen LogP contribution in [0.3, 0.4) is 0 Å². The van der Waals surface area contributed by atoms with Crippen LogP contribution in [0.1, 0.15) is 0 Å². The number of nitrogens with one attached hydrogen (secondary N) is 2. The smallest absolute Gasteiger partial charge is 0.322 e. The monoisotopic (exact) mass is 706 g/mol. The number of sulfonamides is 2. The summed E-state index contributed by atoms with van der Waals surface area (Å²) in [5.74, 6) is -3.38. The number of hydrogen-bond donors (Lipinski definition) is 4. The second-order valence-corrected chi connectivity index (χ2v) is 16.6. The van der Waals surface area contributed by atoms with Gasteiger partial charge in [0.05, 0.1) is 9.79 Å². The molecule has 46 heavy (non-hydrogen) atoms. The summed E-state index contributed by atoms with van der Waals surface area (Å²) in [5, 5.41) is 21.8. The molecule has 4 rings (SSSR count). The van der Waals surface area contributed by atoms with Gasteiger partial charge in [-0.25, -0.2) is 16.8 Å². The van der Waals surface area contributed by atoms with Crippen LogP contribution in [0.5, 0.6) is 0 Å². The largest absolute Gasteiger partial charge is 0.480 e. The van der Waals surface area contributed by atoms with Crippen LogP contribution in [0.2, 0.25) is 0 Å². The van der Waals surface area contributed by atoms with Crippen molar-refractivity contribution >= 4 is 86.5 Å². The van der Waals surface area contributed by atoms with Crippen LogP contribution in [0.15, 0.2) is 82.6 Å². The fourth-order valence-electron chi connectivity index (χ4n) is 4.81. The predicted octanol–water partition coefficient (Wildman–Crippen LogP) is 3.67. The molecule has 0 saturated carbocycles. The minimum absolute atomic E-state index is 0.0792. The van der Waals surface area contributed by atoms with Gasteiger partial charge in [-0.05, 0) is 35.0 Å². The Bertz CT molecular complexity index is 1830. The molecular weight excluding hydrogens is 673 g/mol. The van der Waals surface area contributed by atoms with Crippen LogP contribution in [0, 0.1) is 0 Å². The van der Waals surface area contributed by atoms with E-state index in [1.54, 1.807) is 98.7 Å². The van der Waals surface area contributed by atoms with Crippen molar-refractivity contribution in [3.05, 3.63) is 72.8 Å². The van der Waals surface area contributed by atoms with Crippen molar-refractivity contribution in [1.29, 1.82) is 0 Å². The van der Waals surface area contributed by atoms with Gasteiger partial charge < -0.3 is 20.0 Å². The Morgan fingerprint density at radius 3 is 1.26 bits per heavy atom. The summed E-state index contributed by atoms with van der Waals surface area (Å²) in [6.07, 6.45) is 0. The lowest BCUT2D eigenvalue weighted by Gasteiger charge is -2.20. The summed E-state index contributed by atoms with van der Waals surface area (Å²) in [6.45, 7) is 0. The highest BCUT2D eigenvalue weighted by Gasteiger charge is 2.30. The van der Waals surface area contributed by atoms with Crippen molar-refractivity contribution in [2.75, 3.05) is 49.5 Å². The van der Waals surface area contributed by atoms with Crippen molar-refractivity contribution in [3.8, 4) is 0 Å². The van der Waals surface area contributed by atoms with Gasteiger partial charge in [0.25, 0.3) is 0 Å². The standard InChI is InChI=1S/C30H34N4O8S4/c1-33(2)23-13-5-9-19-11-7-15-25(27(19)23)45(39,40)31-21(29(35)36)17-43-44-18-22(30(37)38)32-46(41,42)26-16-8-12-20-10-6-14-24(28(20)26)34(3)4/h5-16,21-22,31-32H,17-18H2,1-4H3,(H,35,36)(H,37,38). The second-order valence-electron chi connectivity index (χ2n) is 10.6. The van der Waals surface area contributed by atoms with E-state index in [2.05, 4.69) is 9.44 Å². The predicted molar refractivity (Wildman–Crippen MR) is 185 cm³/mol. The first-order valence-corrected chi connectivity index (χ1v) is 19.2. The zero-order valence-corrected chi connectivity index (χ0v) is 28.6. The summed E-state index contributed by atoms with van der Waals surface area (Å²) in [5.41, 5.74) is 1.28. The van der Waals surface area contributed by atoms with Crippen LogP contribution in [0.25, 0.3) is 21.5 Å². The lowest BCUT2D eigenvalue weighted by molar-refractivity contribution is -0.139. The van der Waals surface area contributed by atoms with E-state index in [1.807, 2.05) is 0 Å². The Morgan fingerprint density at radius 1 is 0.630 bits per heavy atom. The number of fused-ring (bicyclic) bond motifs is 2. The maximum Gasteiger partial charge on any atom is 0.322 e. The Hall–Kier alpha value is -3.54. The zero-order chi connectivity index (χ0) is 33.8. The van der Waals surface area contributed by atoms with Crippen molar-refractivity contribution in [1.82, 2.24) is 9.44 Å². The van der Waals surface area contributed by atoms with Gasteiger partial charge in [-0.1, -0.05) is 70.1 Å². The molecule has 0 fully saturated rings. The summed E-state index contributed by atoms with van der Waals surface area (Å²) < 4.78 is 58.3. The molecule has 0 aliphatic heterocycles. The fourth-order valence-corrected chi connectivity index (χ4v) is 10.2. The van der Waals surface area contributed by atoms with Gasteiger partial charge in [0.15, 0.2) is 0 Å². The highest BCUT2D eigenvalue weighted by Crippen LogP contribution is 2.33. The average Bonchev–Trinajstić information content (AvgIpc) is 3.00. The molecule has 0 spiro atoms. The maximum atomic E-state index is 13.5. The molecule has 0 saturated heterocycles. The topological polar surface area (TPSA) is 173 Å². The molecule has 0 heterocycles. The number of aliphatic carboxylic acids is 2. The number of anilines is 2. The van der Waals surface area contributed by atoms with Gasteiger partial charge in [-0.2, -0.15) is 9.44 Å². The van der Waals surface area contributed by atoms with Gasteiger partial charge >= 0.3 is 11.9 Å². The Kier molecular flexibility index (Phi) is 11.1. The molecule has 0 radical (unpaired) electrons. The summed E-state index contributed by atoms with van der Waals surface area (Å²) in [7, 11) is 0.291. The lowest BCUT2D eigenvalue weighted by atomic mass is 10.1. The molecule has 0 bridgehead atoms. The quantitative estimate of drug-likeness (QED) is 0.105. The molecule has 16 heteroatoms. The van der Waals surface area contributed by atoms with Crippen molar-refractivity contribution in [2.45, 2.75) is 21.9 Å². The molecule has 12 nitrogen and oxygen atoms in total. The molecule has 0 aliphatic rings. The molecule has 4 aromatic carbocycles. The third kappa shape index (κ3) is 7.87. The first kappa shape index (κ1) is 35.3. The van der Waals surface area contributed by atoms with Crippen LogP contribution < -0.4 is 19.2 Å². The van der Waals surface area contributed by atoms with E-state index in [4.69, 9.17) is 0 Å². The van der Waals surface area contributed by atoms with Crippen molar-refractivity contribution < 1.29 is 36.6 Å². The summed E-state index contributed by atoms with van der Waals surface area (Å²) in [4.78, 5) is 27.5. The molecule has 4 N–H and O–H groups in total. The van der Waals surface area contributed by atoms with E-state index < -0.39 is 44.1 Å². The first-order chi connectivity index (χ1) is 21.6. The Balaban J connectivity index is 1.48. The Morgan fingerprint density at radius 2 is 0.957 bits per heavy atom. The van der Waals surface area contributed by atoms with Gasteiger partial charge in [-0.3, -0.25) is 9.59 Å². The van der Waals surface area contributed by atoms with Crippen LogP contribution in [-0.4, -0.2) is 90.8 Å². The highest BCUT2D eigenvalue weighted by molar-refractivity contribution is 8.76. The van der Waals surface area contributed by atoms with Crippen LogP contribution >= 0.6 is 21.6 Å². The van der Waals surface area contributed by atoms with E-state index in [-0.39, 0.29) is 21.3 Å². The first-order valence-electron chi connectivity index (χ1n) is 13.8. The molecule has 2 unspecified atom stereocenters. The molecule has 0 amide bonds. The van der Waals surface area contributed by atoms with E-state index in [1.165, 1.54) is 12.1 Å². The van der Waals surface area contributed by atoms with E-state index in [0.29, 0.717) is 32.9 Å². The van der Waals surface area contributed by atoms with E-state index in [0.717, 1.165) is 21.6 Å².